The van der Waals surface area contributed by atoms with Gasteiger partial charge < -0.3 is 20.3 Å². The minimum Gasteiger partial charge on any atom is -0.390 e. The molecule has 19 heavy (non-hydrogen) atoms. The largest absolute Gasteiger partial charge is 0.390 e. The Balaban J connectivity index is 1.93. The lowest BCUT2D eigenvalue weighted by molar-refractivity contribution is 0.0583. The van der Waals surface area contributed by atoms with Crippen molar-refractivity contribution in [1.29, 1.82) is 0 Å². The van der Waals surface area contributed by atoms with Crippen LogP contribution in [0.3, 0.4) is 0 Å². The molecule has 0 aliphatic carbocycles. The highest BCUT2D eigenvalue weighted by Crippen LogP contribution is 2.20. The van der Waals surface area contributed by atoms with Crippen LogP contribution in [0.15, 0.2) is 30.5 Å². The number of H-pyrrole nitrogens is 1. The van der Waals surface area contributed by atoms with Crippen molar-refractivity contribution in [2.24, 2.45) is 0 Å². The number of aliphatic hydroxyl groups is 1. The highest BCUT2D eigenvalue weighted by Gasteiger charge is 2.31. The van der Waals surface area contributed by atoms with Gasteiger partial charge in [-0.3, -0.25) is 4.79 Å². The van der Waals surface area contributed by atoms with Crippen molar-refractivity contribution in [3.8, 4) is 0 Å². The average Bonchev–Trinajstić information content (AvgIpc) is 3.04. The number of fused-ring (bicyclic) bond motifs is 1. The zero-order valence-electron chi connectivity index (χ0n) is 10.8. The topological polar surface area (TPSA) is 68.4 Å². The van der Waals surface area contributed by atoms with Crippen LogP contribution in [0.4, 0.5) is 0 Å². The predicted octanol–water partition coefficient (Wildman–Crippen LogP) is 0.573. The lowest BCUT2D eigenvalue weighted by Gasteiger charge is -2.26. The molecular weight excluding hydrogens is 242 g/mol. The van der Waals surface area contributed by atoms with Gasteiger partial charge in [0.25, 0.3) is 5.91 Å². The Hall–Kier alpha value is -1.85. The highest BCUT2D eigenvalue weighted by molar-refractivity contribution is 6.06. The van der Waals surface area contributed by atoms with Crippen LogP contribution in [-0.4, -0.2) is 53.2 Å². The molecule has 1 saturated heterocycles. The van der Waals surface area contributed by atoms with Crippen molar-refractivity contribution in [1.82, 2.24) is 15.2 Å². The van der Waals surface area contributed by atoms with E-state index in [-0.39, 0.29) is 11.9 Å². The van der Waals surface area contributed by atoms with Crippen molar-refractivity contribution in [3.05, 3.63) is 36.0 Å². The molecule has 0 bridgehead atoms. The first-order valence-electron chi connectivity index (χ1n) is 6.40. The SMILES string of the molecule is CN(C(=O)c1cccc2[nH]ccc12)[C@H]1CNC[C@@H]1O. The standard InChI is InChI=1S/C14H17N3O2/c1-17(12-7-15-8-13(12)18)14(19)10-3-2-4-11-9(10)5-6-16-11/h2-6,12-13,15-16,18H,7-8H2,1H3/t12-,13-/m0/s1. The van der Waals surface area contributed by atoms with Crippen LogP contribution in [-0.2, 0) is 0 Å². The van der Waals surface area contributed by atoms with Gasteiger partial charge in [-0.25, -0.2) is 0 Å². The number of hydrogen-bond acceptors (Lipinski definition) is 3. The summed E-state index contributed by atoms with van der Waals surface area (Å²) in [6, 6.07) is 7.37. The number of hydrogen-bond donors (Lipinski definition) is 3. The first-order chi connectivity index (χ1) is 9.18. The van der Waals surface area contributed by atoms with Crippen LogP contribution in [0.1, 0.15) is 10.4 Å². The zero-order valence-corrected chi connectivity index (χ0v) is 10.8. The van der Waals surface area contributed by atoms with Crippen LogP contribution in [0.25, 0.3) is 10.9 Å². The summed E-state index contributed by atoms with van der Waals surface area (Å²) in [6.45, 7) is 1.17. The van der Waals surface area contributed by atoms with Crippen LogP contribution in [0.2, 0.25) is 0 Å². The Kier molecular flexibility index (Phi) is 3.00. The van der Waals surface area contributed by atoms with Gasteiger partial charge in [0.1, 0.15) is 0 Å². The first kappa shape index (κ1) is 12.2. The lowest BCUT2D eigenvalue weighted by Crippen LogP contribution is -2.44. The van der Waals surface area contributed by atoms with Crippen molar-refractivity contribution >= 4 is 16.8 Å². The minimum atomic E-state index is -0.501. The molecule has 1 aromatic carbocycles. The zero-order chi connectivity index (χ0) is 13.4. The molecule has 0 saturated carbocycles. The summed E-state index contributed by atoms with van der Waals surface area (Å²) in [5.41, 5.74) is 1.62. The number of β-amino-alcohol motifs (C(OH)–C–C–N with tert-alkyl or cyclic N) is 1. The van der Waals surface area contributed by atoms with Crippen LogP contribution >= 0.6 is 0 Å². The average molecular weight is 259 g/mol. The third kappa shape index (κ3) is 2.01. The quantitative estimate of drug-likeness (QED) is 0.738. The van der Waals surface area contributed by atoms with Gasteiger partial charge in [-0.1, -0.05) is 6.07 Å². The van der Waals surface area contributed by atoms with E-state index in [4.69, 9.17) is 0 Å². The Bertz CT molecular complexity index is 608. The fourth-order valence-corrected chi connectivity index (χ4v) is 2.66. The third-order valence-electron chi connectivity index (χ3n) is 3.79. The molecule has 100 valence electrons. The second kappa shape index (κ2) is 4.68. The summed E-state index contributed by atoms with van der Waals surface area (Å²) in [7, 11) is 1.74. The van der Waals surface area contributed by atoms with E-state index in [1.54, 1.807) is 11.9 Å². The number of aromatic amines is 1. The Labute approximate surface area is 111 Å². The maximum atomic E-state index is 12.6. The van der Waals surface area contributed by atoms with Crippen molar-refractivity contribution in [2.45, 2.75) is 12.1 Å². The number of rotatable bonds is 2. The summed E-state index contributed by atoms with van der Waals surface area (Å²) < 4.78 is 0. The molecule has 5 nitrogen and oxygen atoms in total. The number of carbonyl (C=O) groups is 1. The molecule has 2 heterocycles. The Morgan fingerprint density at radius 3 is 2.95 bits per heavy atom. The van der Waals surface area contributed by atoms with E-state index in [1.807, 2.05) is 30.5 Å². The van der Waals surface area contributed by atoms with E-state index in [0.717, 1.165) is 10.9 Å². The van der Waals surface area contributed by atoms with Gasteiger partial charge in [-0.05, 0) is 18.2 Å². The molecule has 0 unspecified atom stereocenters. The maximum absolute atomic E-state index is 12.6. The highest BCUT2D eigenvalue weighted by atomic mass is 16.3. The lowest BCUT2D eigenvalue weighted by atomic mass is 10.1. The van der Waals surface area contributed by atoms with Crippen molar-refractivity contribution < 1.29 is 9.90 Å². The monoisotopic (exact) mass is 259 g/mol. The predicted molar refractivity (Wildman–Crippen MR) is 73.1 cm³/mol. The molecular formula is C14H17N3O2. The summed E-state index contributed by atoms with van der Waals surface area (Å²) in [5.74, 6) is -0.0575. The molecule has 1 aliphatic heterocycles. The number of likely N-dealkylation sites (N-methyl/N-ethyl adjacent to an activating group) is 1. The maximum Gasteiger partial charge on any atom is 0.254 e. The molecule has 5 heteroatoms. The third-order valence-corrected chi connectivity index (χ3v) is 3.79. The Morgan fingerprint density at radius 2 is 2.21 bits per heavy atom. The van der Waals surface area contributed by atoms with Gasteiger partial charge >= 0.3 is 0 Å². The second-order valence-electron chi connectivity index (χ2n) is 4.95. The van der Waals surface area contributed by atoms with Gasteiger partial charge in [0.05, 0.1) is 12.1 Å². The minimum absolute atomic E-state index is 0.0575. The number of aromatic nitrogens is 1. The van der Waals surface area contributed by atoms with E-state index < -0.39 is 6.10 Å². The molecule has 1 amide bonds. The van der Waals surface area contributed by atoms with Gasteiger partial charge in [0, 0.05) is 42.8 Å². The fourth-order valence-electron chi connectivity index (χ4n) is 2.66. The summed E-state index contributed by atoms with van der Waals surface area (Å²) in [6.07, 6.45) is 1.33. The van der Waals surface area contributed by atoms with E-state index in [2.05, 4.69) is 10.3 Å². The normalized spacial score (nSPS) is 22.8. The number of aliphatic hydroxyl groups excluding tert-OH is 1. The van der Waals surface area contributed by atoms with Crippen molar-refractivity contribution in [3.63, 3.8) is 0 Å². The van der Waals surface area contributed by atoms with Crippen LogP contribution in [0, 0.1) is 0 Å². The second-order valence-corrected chi connectivity index (χ2v) is 4.95. The number of amides is 1. The number of nitrogens with zero attached hydrogens (tertiary/aromatic N) is 1. The van der Waals surface area contributed by atoms with Gasteiger partial charge in [0.2, 0.25) is 0 Å². The summed E-state index contributed by atoms with van der Waals surface area (Å²) >= 11 is 0. The van der Waals surface area contributed by atoms with E-state index in [9.17, 15) is 9.90 Å². The van der Waals surface area contributed by atoms with E-state index in [0.29, 0.717) is 18.7 Å². The fraction of sp³-hybridized carbons (Fsp3) is 0.357. The molecule has 0 radical (unpaired) electrons. The Morgan fingerprint density at radius 1 is 1.37 bits per heavy atom. The first-order valence-corrected chi connectivity index (χ1v) is 6.40. The molecule has 3 rings (SSSR count). The number of carbonyl (C=O) groups excluding carboxylic acids is 1. The van der Waals surface area contributed by atoms with Crippen LogP contribution < -0.4 is 5.32 Å². The molecule has 1 fully saturated rings. The summed E-state index contributed by atoms with van der Waals surface area (Å²) in [4.78, 5) is 17.3. The number of nitrogens with one attached hydrogen (secondary N) is 2. The van der Waals surface area contributed by atoms with Gasteiger partial charge in [-0.2, -0.15) is 0 Å². The molecule has 1 aliphatic rings. The molecule has 0 spiro atoms. The van der Waals surface area contributed by atoms with Crippen LogP contribution in [0.5, 0.6) is 0 Å². The molecule has 2 aromatic rings. The van der Waals surface area contributed by atoms with Crippen molar-refractivity contribution in [2.75, 3.05) is 20.1 Å². The molecule has 2 atom stereocenters. The van der Waals surface area contributed by atoms with Gasteiger partial charge in [0.15, 0.2) is 0 Å². The smallest absolute Gasteiger partial charge is 0.254 e. The summed E-state index contributed by atoms with van der Waals surface area (Å²) in [5, 5.41) is 13.9. The van der Waals surface area contributed by atoms with E-state index in [1.165, 1.54) is 0 Å². The number of benzene rings is 1. The van der Waals surface area contributed by atoms with E-state index >= 15 is 0 Å². The molecule has 1 aromatic heterocycles. The molecule has 3 N–H and O–H groups in total. The van der Waals surface area contributed by atoms with Gasteiger partial charge in [-0.15, -0.1) is 0 Å².